The van der Waals surface area contributed by atoms with Gasteiger partial charge in [-0.2, -0.15) is 0 Å². The first-order chi connectivity index (χ1) is 12.6. The van der Waals surface area contributed by atoms with Crippen LogP contribution in [0.25, 0.3) is 0 Å². The Morgan fingerprint density at radius 1 is 1.19 bits per heavy atom. The van der Waals surface area contributed by atoms with Crippen molar-refractivity contribution in [2.75, 3.05) is 0 Å². The molecule has 2 bridgehead atoms. The maximum Gasteiger partial charge on any atom is 0.309 e. The average Bonchev–Trinajstić information content (AvgIpc) is 2.53. The van der Waals surface area contributed by atoms with Crippen LogP contribution < -0.4 is 4.72 Å². The molecular weight excluding hydrogens is 393 g/mol. The Morgan fingerprint density at radius 3 is 2.48 bits per heavy atom. The van der Waals surface area contributed by atoms with Crippen LogP contribution in [0, 0.1) is 11.2 Å². The minimum atomic E-state index is -3.83. The van der Waals surface area contributed by atoms with Crippen LogP contribution in [-0.2, 0) is 21.2 Å². The number of carboxylic acid groups (broad SMARTS) is 1. The van der Waals surface area contributed by atoms with Gasteiger partial charge >= 0.3 is 5.97 Å². The molecule has 0 aliphatic heterocycles. The van der Waals surface area contributed by atoms with Crippen molar-refractivity contribution in [1.29, 1.82) is 0 Å². The van der Waals surface area contributed by atoms with Gasteiger partial charge in [0.15, 0.2) is 0 Å². The van der Waals surface area contributed by atoms with Crippen molar-refractivity contribution in [3.8, 4) is 0 Å². The Bertz CT molecular complexity index is 1030. The van der Waals surface area contributed by atoms with Crippen LogP contribution in [0.4, 0.5) is 4.39 Å². The Balaban J connectivity index is 1.57. The Kier molecular flexibility index (Phi) is 4.10. The molecule has 0 spiro atoms. The van der Waals surface area contributed by atoms with Crippen molar-refractivity contribution in [3.63, 3.8) is 0 Å². The number of nitrogens with one attached hydrogen (secondary N) is 1. The van der Waals surface area contributed by atoms with Crippen molar-refractivity contribution < 1.29 is 22.7 Å². The molecule has 0 unspecified atom stereocenters. The first kappa shape index (κ1) is 18.4. The summed E-state index contributed by atoms with van der Waals surface area (Å²) in [6, 6.07) is 10.9. The molecule has 3 fully saturated rings. The fourth-order valence-electron chi connectivity index (χ4n) is 4.24. The number of rotatable bonds is 6. The van der Waals surface area contributed by atoms with E-state index in [1.54, 1.807) is 24.3 Å². The second kappa shape index (κ2) is 6.02. The first-order valence-electron chi connectivity index (χ1n) is 8.44. The van der Waals surface area contributed by atoms with Gasteiger partial charge in [0.1, 0.15) is 5.82 Å². The molecule has 0 radical (unpaired) electrons. The number of benzene rings is 2. The van der Waals surface area contributed by atoms with Crippen LogP contribution in [0.3, 0.4) is 0 Å². The summed E-state index contributed by atoms with van der Waals surface area (Å²) < 4.78 is 42.2. The zero-order valence-electron chi connectivity index (χ0n) is 14.2. The van der Waals surface area contributed by atoms with E-state index in [0.717, 1.165) is 0 Å². The second-order valence-electron chi connectivity index (χ2n) is 7.53. The summed E-state index contributed by atoms with van der Waals surface area (Å²) in [5.74, 6) is -1.42. The van der Waals surface area contributed by atoms with Gasteiger partial charge in [-0.15, -0.1) is 0 Å². The van der Waals surface area contributed by atoms with Crippen LogP contribution >= 0.6 is 11.6 Å². The third-order valence-corrected chi connectivity index (χ3v) is 7.46. The SMILES string of the molecule is O=C(O)C12CC(NS(=O)(=O)c3ccccc3Cc3ccc(Cl)c(F)c3)(C1)C2. The van der Waals surface area contributed by atoms with Crippen LogP contribution in [0.2, 0.25) is 5.02 Å². The van der Waals surface area contributed by atoms with E-state index in [1.165, 1.54) is 18.2 Å². The summed E-state index contributed by atoms with van der Waals surface area (Å²) >= 11 is 5.70. The lowest BCUT2D eigenvalue weighted by atomic mass is 9.40. The number of carbonyl (C=O) groups is 1. The van der Waals surface area contributed by atoms with E-state index in [2.05, 4.69) is 4.72 Å². The molecule has 2 aromatic carbocycles. The molecule has 8 heteroatoms. The molecule has 0 heterocycles. The molecule has 0 saturated heterocycles. The lowest BCUT2D eigenvalue weighted by Crippen LogP contribution is -2.76. The van der Waals surface area contributed by atoms with Gasteiger partial charge in [-0.3, -0.25) is 4.79 Å². The first-order valence-corrected chi connectivity index (χ1v) is 10.3. The highest BCUT2D eigenvalue weighted by Gasteiger charge is 2.73. The highest BCUT2D eigenvalue weighted by Crippen LogP contribution is 2.67. The van der Waals surface area contributed by atoms with Crippen molar-refractivity contribution in [2.45, 2.75) is 36.1 Å². The summed E-state index contributed by atoms with van der Waals surface area (Å²) in [6.45, 7) is 0. The number of aliphatic carboxylic acids is 1. The smallest absolute Gasteiger partial charge is 0.309 e. The zero-order valence-corrected chi connectivity index (χ0v) is 15.8. The van der Waals surface area contributed by atoms with Crippen LogP contribution in [-0.4, -0.2) is 25.0 Å². The zero-order chi connectivity index (χ0) is 19.4. The molecule has 0 amide bonds. The number of hydrogen-bond acceptors (Lipinski definition) is 3. The lowest BCUT2D eigenvalue weighted by Gasteiger charge is -2.67. The van der Waals surface area contributed by atoms with Gasteiger partial charge < -0.3 is 5.11 Å². The molecule has 3 aliphatic carbocycles. The molecule has 2 N–H and O–H groups in total. The van der Waals surface area contributed by atoms with E-state index in [1.807, 2.05) is 0 Å². The molecule has 142 valence electrons. The maximum atomic E-state index is 13.7. The third-order valence-electron chi connectivity index (χ3n) is 5.48. The molecule has 0 aromatic heterocycles. The summed E-state index contributed by atoms with van der Waals surface area (Å²) in [5.41, 5.74) is -0.277. The molecule has 5 rings (SSSR count). The molecule has 27 heavy (non-hydrogen) atoms. The van der Waals surface area contributed by atoms with Gasteiger partial charge in [0.2, 0.25) is 10.0 Å². The molecule has 0 atom stereocenters. The Morgan fingerprint density at radius 2 is 1.85 bits per heavy atom. The highest BCUT2D eigenvalue weighted by atomic mass is 35.5. The van der Waals surface area contributed by atoms with E-state index in [9.17, 15) is 22.7 Å². The fourth-order valence-corrected chi connectivity index (χ4v) is 6.00. The molecule has 2 aromatic rings. The highest BCUT2D eigenvalue weighted by molar-refractivity contribution is 7.89. The van der Waals surface area contributed by atoms with E-state index in [4.69, 9.17) is 11.6 Å². The van der Waals surface area contributed by atoms with Gasteiger partial charge in [0.05, 0.1) is 15.3 Å². The minimum Gasteiger partial charge on any atom is -0.481 e. The number of hydrogen-bond donors (Lipinski definition) is 2. The topological polar surface area (TPSA) is 83.5 Å². The molecule has 5 nitrogen and oxygen atoms in total. The third kappa shape index (κ3) is 3.03. The van der Waals surface area contributed by atoms with Crippen LogP contribution in [0.5, 0.6) is 0 Å². The number of halogens is 2. The predicted molar refractivity (Wildman–Crippen MR) is 97.6 cm³/mol. The normalized spacial score (nSPS) is 26.1. The van der Waals surface area contributed by atoms with Gasteiger partial charge in [-0.25, -0.2) is 17.5 Å². The van der Waals surface area contributed by atoms with E-state index in [-0.39, 0.29) is 16.3 Å². The number of sulfonamides is 1. The monoisotopic (exact) mass is 409 g/mol. The average molecular weight is 410 g/mol. The van der Waals surface area contributed by atoms with Crippen molar-refractivity contribution in [1.82, 2.24) is 4.72 Å². The second-order valence-corrected chi connectivity index (χ2v) is 9.59. The Labute approximate surface area is 161 Å². The van der Waals surface area contributed by atoms with Gasteiger partial charge in [-0.1, -0.05) is 35.9 Å². The fraction of sp³-hybridized carbons (Fsp3) is 0.316. The lowest BCUT2D eigenvalue weighted by molar-refractivity contribution is -0.194. The summed E-state index contributed by atoms with van der Waals surface area (Å²) in [7, 11) is -3.83. The molecule has 3 saturated carbocycles. The molecule has 3 aliphatic rings. The quantitative estimate of drug-likeness (QED) is 0.766. The predicted octanol–water partition coefficient (Wildman–Crippen LogP) is 3.36. The van der Waals surface area contributed by atoms with Crippen molar-refractivity contribution in [2.24, 2.45) is 5.41 Å². The standard InChI is InChI=1S/C19H17ClFNO4S/c20-14-6-5-12(8-15(14)21)7-13-3-1-2-4-16(13)27(25,26)22-19-9-18(10-19,11-19)17(23)24/h1-6,8,22H,7,9-11H2,(H,23,24). The van der Waals surface area contributed by atoms with Gasteiger partial charge in [0.25, 0.3) is 0 Å². The summed E-state index contributed by atoms with van der Waals surface area (Å²) in [6.07, 6.45) is 1.19. The van der Waals surface area contributed by atoms with E-state index < -0.39 is 32.8 Å². The largest absolute Gasteiger partial charge is 0.481 e. The minimum absolute atomic E-state index is 0.0114. The van der Waals surface area contributed by atoms with Crippen molar-refractivity contribution >= 4 is 27.6 Å². The molecular formula is C19H17ClFNO4S. The van der Waals surface area contributed by atoms with Gasteiger partial charge in [0, 0.05) is 5.54 Å². The van der Waals surface area contributed by atoms with Gasteiger partial charge in [-0.05, 0) is 55.0 Å². The van der Waals surface area contributed by atoms with E-state index >= 15 is 0 Å². The maximum absolute atomic E-state index is 13.7. The van der Waals surface area contributed by atoms with Crippen LogP contribution in [0.15, 0.2) is 47.4 Å². The Hall–Kier alpha value is -1.96. The summed E-state index contributed by atoms with van der Waals surface area (Å²) in [5, 5.41) is 9.20. The van der Waals surface area contributed by atoms with E-state index in [0.29, 0.717) is 30.4 Å². The number of carboxylic acids is 1. The van der Waals surface area contributed by atoms with Crippen LogP contribution in [0.1, 0.15) is 30.4 Å². The summed E-state index contributed by atoms with van der Waals surface area (Å²) in [4.78, 5) is 11.3. The van der Waals surface area contributed by atoms with Crippen molar-refractivity contribution in [3.05, 3.63) is 64.4 Å².